The number of aryl methyl sites for hydroxylation is 2. The number of nitrogens with one attached hydrogen (secondary N) is 2. The summed E-state index contributed by atoms with van der Waals surface area (Å²) in [6.45, 7) is 5.68. The number of aromatic nitrogens is 2. The minimum atomic E-state index is -3.47. The highest BCUT2D eigenvalue weighted by Crippen LogP contribution is 2.19. The zero-order valence-corrected chi connectivity index (χ0v) is 14.0. The van der Waals surface area contributed by atoms with Gasteiger partial charge in [0.25, 0.3) is 0 Å². The van der Waals surface area contributed by atoms with Gasteiger partial charge in [-0.05, 0) is 19.5 Å². The molecule has 2 aromatic heterocycles. The van der Waals surface area contributed by atoms with Crippen molar-refractivity contribution in [2.75, 3.05) is 6.54 Å². The Morgan fingerprint density at radius 3 is 2.76 bits per heavy atom. The van der Waals surface area contributed by atoms with E-state index in [1.165, 1.54) is 11.3 Å². The molecule has 2 aromatic rings. The molecule has 21 heavy (non-hydrogen) atoms. The van der Waals surface area contributed by atoms with Gasteiger partial charge in [0.1, 0.15) is 0 Å². The van der Waals surface area contributed by atoms with Gasteiger partial charge in [-0.15, -0.1) is 11.3 Å². The summed E-state index contributed by atoms with van der Waals surface area (Å²) >= 11 is 1.45. The Labute approximate surface area is 129 Å². The summed E-state index contributed by atoms with van der Waals surface area (Å²) in [5, 5.41) is 9.05. The molecule has 0 radical (unpaired) electrons. The van der Waals surface area contributed by atoms with E-state index in [1.807, 2.05) is 27.1 Å². The van der Waals surface area contributed by atoms with Gasteiger partial charge < -0.3 is 5.32 Å². The lowest BCUT2D eigenvalue weighted by Crippen LogP contribution is -2.23. The van der Waals surface area contributed by atoms with Crippen molar-refractivity contribution in [2.45, 2.75) is 31.8 Å². The Morgan fingerprint density at radius 2 is 2.14 bits per heavy atom. The van der Waals surface area contributed by atoms with Crippen molar-refractivity contribution in [1.82, 2.24) is 19.8 Å². The quantitative estimate of drug-likeness (QED) is 0.805. The first kappa shape index (κ1) is 16.2. The molecule has 2 N–H and O–H groups in total. The van der Waals surface area contributed by atoms with Crippen LogP contribution in [0.2, 0.25) is 0 Å². The number of sulfonamides is 1. The van der Waals surface area contributed by atoms with Crippen LogP contribution < -0.4 is 10.0 Å². The molecule has 0 aliphatic heterocycles. The first-order chi connectivity index (χ1) is 9.92. The third-order valence-electron chi connectivity index (χ3n) is 3.06. The molecule has 0 aromatic carbocycles. The summed E-state index contributed by atoms with van der Waals surface area (Å²) in [6.07, 6.45) is 1.82. The van der Waals surface area contributed by atoms with Crippen molar-refractivity contribution < 1.29 is 8.42 Å². The van der Waals surface area contributed by atoms with Crippen molar-refractivity contribution >= 4 is 21.4 Å². The molecule has 0 saturated heterocycles. The van der Waals surface area contributed by atoms with Gasteiger partial charge in [0.2, 0.25) is 10.0 Å². The molecule has 0 saturated carbocycles. The van der Waals surface area contributed by atoms with Crippen LogP contribution >= 0.6 is 11.3 Å². The van der Waals surface area contributed by atoms with Crippen molar-refractivity contribution in [3.63, 3.8) is 0 Å². The second kappa shape index (κ2) is 6.69. The second-order valence-electron chi connectivity index (χ2n) is 4.77. The minimum absolute atomic E-state index is 0.250. The fourth-order valence-corrected chi connectivity index (χ4v) is 4.17. The molecule has 0 spiro atoms. The highest BCUT2D eigenvalue weighted by molar-refractivity contribution is 7.89. The third kappa shape index (κ3) is 4.13. The van der Waals surface area contributed by atoms with E-state index in [1.54, 1.807) is 16.1 Å². The van der Waals surface area contributed by atoms with Gasteiger partial charge in [-0.1, -0.05) is 6.92 Å². The van der Waals surface area contributed by atoms with Gasteiger partial charge in [0.05, 0.1) is 10.6 Å². The zero-order valence-electron chi connectivity index (χ0n) is 12.4. The van der Waals surface area contributed by atoms with Crippen LogP contribution in [-0.4, -0.2) is 24.7 Å². The summed E-state index contributed by atoms with van der Waals surface area (Å²) in [5.74, 6) is 0. The lowest BCUT2D eigenvalue weighted by molar-refractivity contribution is 0.581. The molecule has 0 unspecified atom stereocenters. The molecule has 0 fully saturated rings. The molecule has 0 bridgehead atoms. The van der Waals surface area contributed by atoms with Crippen LogP contribution in [0.5, 0.6) is 0 Å². The molecule has 116 valence electrons. The maximum Gasteiger partial charge on any atom is 0.241 e. The van der Waals surface area contributed by atoms with E-state index in [2.05, 4.69) is 15.1 Å². The second-order valence-corrected chi connectivity index (χ2v) is 7.53. The summed E-state index contributed by atoms with van der Waals surface area (Å²) in [5.41, 5.74) is 1.71. The summed E-state index contributed by atoms with van der Waals surface area (Å²) < 4.78 is 28.8. The number of nitrogens with zero attached hydrogens (tertiary/aromatic N) is 2. The van der Waals surface area contributed by atoms with Crippen molar-refractivity contribution in [2.24, 2.45) is 7.05 Å². The van der Waals surface area contributed by atoms with Crippen LogP contribution in [0.4, 0.5) is 0 Å². The SMILES string of the molecule is CCNCc1cc(S(=O)(=O)NCc2cn(C)nc2C)cs1. The molecule has 0 atom stereocenters. The van der Waals surface area contributed by atoms with Crippen molar-refractivity contribution in [1.29, 1.82) is 0 Å². The molecule has 0 amide bonds. The average Bonchev–Trinajstić information content (AvgIpc) is 3.01. The Bertz CT molecular complexity index is 704. The highest BCUT2D eigenvalue weighted by atomic mass is 32.2. The monoisotopic (exact) mass is 328 g/mol. The van der Waals surface area contributed by atoms with Gasteiger partial charge in [-0.2, -0.15) is 5.10 Å². The van der Waals surface area contributed by atoms with Crippen LogP contribution in [0.15, 0.2) is 22.5 Å². The lowest BCUT2D eigenvalue weighted by atomic mass is 10.3. The normalized spacial score (nSPS) is 12.0. The molecular weight excluding hydrogens is 308 g/mol. The fourth-order valence-electron chi connectivity index (χ4n) is 1.92. The molecular formula is C13H20N4O2S2. The van der Waals surface area contributed by atoms with Crippen LogP contribution in [0.1, 0.15) is 23.1 Å². The van der Waals surface area contributed by atoms with Crippen LogP contribution in [0.25, 0.3) is 0 Å². The Hall–Kier alpha value is -1.22. The van der Waals surface area contributed by atoms with E-state index in [0.29, 0.717) is 11.4 Å². The number of hydrogen-bond acceptors (Lipinski definition) is 5. The average molecular weight is 328 g/mol. The van der Waals surface area contributed by atoms with Gasteiger partial charge in [0.15, 0.2) is 0 Å². The Morgan fingerprint density at radius 1 is 1.38 bits per heavy atom. The maximum absolute atomic E-state index is 12.3. The standard InChI is InChI=1S/C13H20N4O2S2/c1-4-14-7-12-5-13(9-20-12)21(18,19)15-6-11-8-17(3)16-10(11)2/h5,8-9,14-15H,4,6-7H2,1-3H3. The van der Waals surface area contributed by atoms with E-state index in [0.717, 1.165) is 22.7 Å². The number of hydrogen-bond donors (Lipinski definition) is 2. The van der Waals surface area contributed by atoms with E-state index in [-0.39, 0.29) is 6.54 Å². The predicted octanol–water partition coefficient (Wildman–Crippen LogP) is 1.38. The van der Waals surface area contributed by atoms with Crippen LogP contribution in [0.3, 0.4) is 0 Å². The van der Waals surface area contributed by atoms with Gasteiger partial charge >= 0.3 is 0 Å². The summed E-state index contributed by atoms with van der Waals surface area (Å²) in [4.78, 5) is 1.33. The van der Waals surface area contributed by atoms with Crippen molar-refractivity contribution in [3.8, 4) is 0 Å². The molecule has 0 aliphatic rings. The third-order valence-corrected chi connectivity index (χ3v) is 5.52. The number of thiophene rings is 1. The minimum Gasteiger partial charge on any atom is -0.312 e. The molecule has 8 heteroatoms. The number of rotatable bonds is 7. The van der Waals surface area contributed by atoms with Crippen molar-refractivity contribution in [3.05, 3.63) is 33.8 Å². The first-order valence-corrected chi connectivity index (χ1v) is 9.05. The van der Waals surface area contributed by atoms with E-state index in [9.17, 15) is 8.42 Å². The first-order valence-electron chi connectivity index (χ1n) is 6.69. The fraction of sp³-hybridized carbons (Fsp3) is 0.462. The van der Waals surface area contributed by atoms with Gasteiger partial charge in [0, 0.05) is 42.2 Å². The van der Waals surface area contributed by atoms with E-state index < -0.39 is 10.0 Å². The predicted molar refractivity (Wildman–Crippen MR) is 83.7 cm³/mol. The topological polar surface area (TPSA) is 76.0 Å². The van der Waals surface area contributed by atoms with Crippen LogP contribution in [-0.2, 0) is 30.2 Å². The van der Waals surface area contributed by atoms with Gasteiger partial charge in [-0.3, -0.25) is 4.68 Å². The highest BCUT2D eigenvalue weighted by Gasteiger charge is 2.17. The molecule has 0 aliphatic carbocycles. The van der Waals surface area contributed by atoms with Gasteiger partial charge in [-0.25, -0.2) is 13.1 Å². The largest absolute Gasteiger partial charge is 0.312 e. The Balaban J connectivity index is 2.04. The summed E-state index contributed by atoms with van der Waals surface area (Å²) in [6, 6.07) is 1.71. The molecule has 2 rings (SSSR count). The lowest BCUT2D eigenvalue weighted by Gasteiger charge is -2.04. The smallest absolute Gasteiger partial charge is 0.241 e. The van der Waals surface area contributed by atoms with E-state index >= 15 is 0 Å². The molecule has 2 heterocycles. The van der Waals surface area contributed by atoms with E-state index in [4.69, 9.17) is 0 Å². The Kier molecular flexibility index (Phi) is 5.15. The zero-order chi connectivity index (χ0) is 15.5. The summed E-state index contributed by atoms with van der Waals surface area (Å²) in [7, 11) is -1.66. The maximum atomic E-state index is 12.3. The van der Waals surface area contributed by atoms with Crippen LogP contribution in [0, 0.1) is 6.92 Å². The molecule has 6 nitrogen and oxygen atoms in total.